The van der Waals surface area contributed by atoms with Gasteiger partial charge in [0.25, 0.3) is 0 Å². The van der Waals surface area contributed by atoms with Crippen molar-refractivity contribution in [3.63, 3.8) is 0 Å². The van der Waals surface area contributed by atoms with Gasteiger partial charge in [-0.05, 0) is 56.7 Å². The van der Waals surface area contributed by atoms with Crippen LogP contribution in [0.2, 0.25) is 0 Å². The normalized spacial score (nSPS) is 10.3. The van der Waals surface area contributed by atoms with Crippen LogP contribution in [0.25, 0.3) is 0 Å². The van der Waals surface area contributed by atoms with E-state index in [1.54, 1.807) is 6.07 Å². The Morgan fingerprint density at radius 1 is 1.26 bits per heavy atom. The number of benzene rings is 1. The molecule has 0 saturated heterocycles. The van der Waals surface area contributed by atoms with Gasteiger partial charge in [0, 0.05) is 20.5 Å². The molecule has 1 aromatic heterocycles. The number of halogens is 2. The second-order valence-electron chi connectivity index (χ2n) is 3.80. The van der Waals surface area contributed by atoms with Gasteiger partial charge >= 0.3 is 0 Å². The molecule has 7 heteroatoms. The van der Waals surface area contributed by atoms with E-state index in [0.717, 1.165) is 26.0 Å². The largest absolute Gasteiger partial charge is 0.339 e. The molecule has 19 heavy (non-hydrogen) atoms. The lowest BCUT2D eigenvalue weighted by atomic mass is 10.3. The van der Waals surface area contributed by atoms with E-state index in [9.17, 15) is 0 Å². The van der Waals surface area contributed by atoms with Gasteiger partial charge in [-0.25, -0.2) is 15.8 Å². The molecule has 0 amide bonds. The van der Waals surface area contributed by atoms with E-state index >= 15 is 0 Å². The lowest BCUT2D eigenvalue weighted by molar-refractivity contribution is 0.941. The number of anilines is 3. The minimum absolute atomic E-state index is 0.594. The summed E-state index contributed by atoms with van der Waals surface area (Å²) in [6.45, 7) is 2.00. The van der Waals surface area contributed by atoms with E-state index in [4.69, 9.17) is 5.84 Å². The Kier molecular flexibility index (Phi) is 4.94. The molecule has 0 radical (unpaired) electrons. The summed E-state index contributed by atoms with van der Waals surface area (Å²) in [4.78, 5) is 8.68. The van der Waals surface area contributed by atoms with Crippen LogP contribution in [0.5, 0.6) is 0 Å². The van der Waals surface area contributed by atoms with Crippen LogP contribution in [0.3, 0.4) is 0 Å². The van der Waals surface area contributed by atoms with Crippen molar-refractivity contribution in [3.05, 3.63) is 38.1 Å². The molecular weight excluding hydrogens is 421 g/mol. The first-order chi connectivity index (χ1) is 9.12. The number of nitrogens with two attached hydrogens (primary N) is 1. The van der Waals surface area contributed by atoms with Gasteiger partial charge in [0.1, 0.15) is 17.5 Å². The Morgan fingerprint density at radius 3 is 2.68 bits per heavy atom. The van der Waals surface area contributed by atoms with Crippen LogP contribution in [0.4, 0.5) is 17.3 Å². The van der Waals surface area contributed by atoms with Crippen molar-refractivity contribution in [2.24, 2.45) is 5.84 Å². The number of aromatic nitrogens is 2. The first-order valence-electron chi connectivity index (χ1n) is 5.69. The average Bonchev–Trinajstić information content (AvgIpc) is 2.42. The third-order valence-corrected chi connectivity index (χ3v) is 3.79. The summed E-state index contributed by atoms with van der Waals surface area (Å²) in [5, 5.41) is 3.26. The third-order valence-electron chi connectivity index (χ3n) is 2.43. The Balaban J connectivity index is 2.34. The molecule has 1 aromatic carbocycles. The molecule has 0 spiro atoms. The van der Waals surface area contributed by atoms with Gasteiger partial charge < -0.3 is 10.7 Å². The molecule has 0 aliphatic heterocycles. The summed E-state index contributed by atoms with van der Waals surface area (Å²) in [7, 11) is 0. The van der Waals surface area contributed by atoms with Crippen LogP contribution in [0, 0.1) is 3.57 Å². The van der Waals surface area contributed by atoms with Gasteiger partial charge in [0.05, 0.1) is 5.69 Å². The van der Waals surface area contributed by atoms with Gasteiger partial charge in [0.15, 0.2) is 0 Å². The fourth-order valence-corrected chi connectivity index (χ4v) is 2.36. The first kappa shape index (κ1) is 14.5. The van der Waals surface area contributed by atoms with Crippen LogP contribution in [0.1, 0.15) is 12.7 Å². The summed E-state index contributed by atoms with van der Waals surface area (Å²) in [6.07, 6.45) is 0.748. The van der Waals surface area contributed by atoms with Crippen molar-refractivity contribution >= 4 is 55.8 Å². The molecule has 2 aromatic rings. The first-order valence-corrected chi connectivity index (χ1v) is 7.56. The molecule has 5 nitrogen and oxygen atoms in total. The highest BCUT2D eigenvalue weighted by atomic mass is 127. The van der Waals surface area contributed by atoms with E-state index < -0.39 is 0 Å². The minimum atomic E-state index is 0.594. The number of nitrogens with zero attached hydrogens (tertiary/aromatic N) is 2. The molecule has 2 rings (SSSR count). The van der Waals surface area contributed by atoms with E-state index in [0.29, 0.717) is 11.6 Å². The van der Waals surface area contributed by atoms with Gasteiger partial charge in [-0.1, -0.05) is 6.92 Å². The maximum atomic E-state index is 5.41. The van der Waals surface area contributed by atoms with Gasteiger partial charge in [-0.2, -0.15) is 0 Å². The molecule has 0 aliphatic rings. The number of aryl methyl sites for hydroxylation is 1. The molecule has 0 bridgehead atoms. The second kappa shape index (κ2) is 6.49. The molecule has 0 fully saturated rings. The highest BCUT2D eigenvalue weighted by Gasteiger charge is 2.06. The van der Waals surface area contributed by atoms with Crippen molar-refractivity contribution < 1.29 is 0 Å². The maximum absolute atomic E-state index is 5.41. The molecule has 100 valence electrons. The fraction of sp³-hybridized carbons (Fsp3) is 0.167. The van der Waals surface area contributed by atoms with Gasteiger partial charge in [0.2, 0.25) is 0 Å². The zero-order chi connectivity index (χ0) is 13.8. The molecule has 0 aliphatic carbocycles. The Hall–Kier alpha value is -0.930. The van der Waals surface area contributed by atoms with Crippen LogP contribution < -0.4 is 16.6 Å². The summed E-state index contributed by atoms with van der Waals surface area (Å²) >= 11 is 5.78. The van der Waals surface area contributed by atoms with Crippen molar-refractivity contribution in [2.75, 3.05) is 10.7 Å². The Labute approximate surface area is 133 Å². The molecular formula is C12H13BrIN5. The number of hydrazine groups is 1. The van der Waals surface area contributed by atoms with E-state index in [-0.39, 0.29) is 0 Å². The summed E-state index contributed by atoms with van der Waals surface area (Å²) < 4.78 is 2.12. The van der Waals surface area contributed by atoms with Gasteiger partial charge in [-0.3, -0.25) is 0 Å². The number of rotatable bonds is 4. The van der Waals surface area contributed by atoms with Crippen molar-refractivity contribution in [1.82, 2.24) is 9.97 Å². The van der Waals surface area contributed by atoms with Crippen LogP contribution in [0.15, 0.2) is 28.7 Å². The van der Waals surface area contributed by atoms with Crippen molar-refractivity contribution in [1.29, 1.82) is 0 Å². The topological polar surface area (TPSA) is 75.9 Å². The highest BCUT2D eigenvalue weighted by molar-refractivity contribution is 14.1. The minimum Gasteiger partial charge on any atom is -0.339 e. The number of nitrogens with one attached hydrogen (secondary N) is 2. The average molecular weight is 434 g/mol. The lowest BCUT2D eigenvalue weighted by Crippen LogP contribution is -2.11. The van der Waals surface area contributed by atoms with E-state index in [2.05, 4.69) is 59.2 Å². The van der Waals surface area contributed by atoms with E-state index in [1.165, 1.54) is 0 Å². The smallest absolute Gasteiger partial charge is 0.145 e. The summed E-state index contributed by atoms with van der Waals surface area (Å²) in [6, 6.07) is 7.83. The van der Waals surface area contributed by atoms with Crippen LogP contribution in [-0.2, 0) is 6.42 Å². The Morgan fingerprint density at radius 2 is 2.00 bits per heavy atom. The maximum Gasteiger partial charge on any atom is 0.145 e. The zero-order valence-electron chi connectivity index (χ0n) is 10.2. The Bertz CT molecular complexity index is 568. The molecule has 4 N–H and O–H groups in total. The molecule has 0 saturated carbocycles. The molecule has 0 unspecified atom stereocenters. The van der Waals surface area contributed by atoms with Gasteiger partial charge in [-0.15, -0.1) is 0 Å². The van der Waals surface area contributed by atoms with E-state index in [1.807, 2.05) is 25.1 Å². The van der Waals surface area contributed by atoms with Crippen molar-refractivity contribution in [3.8, 4) is 0 Å². The standard InChI is InChI=1S/C12H13BrIN5/c1-2-10-17-11(6-12(18-10)19-15)16-9-5-7(14)3-4-8(9)13/h3-6H,2,15H2,1H3,(H2,16,17,18,19). The third kappa shape index (κ3) is 3.77. The van der Waals surface area contributed by atoms with Crippen LogP contribution >= 0.6 is 38.5 Å². The van der Waals surface area contributed by atoms with Crippen LogP contribution in [-0.4, -0.2) is 9.97 Å². The predicted molar refractivity (Wildman–Crippen MR) is 89.4 cm³/mol. The SMILES string of the molecule is CCc1nc(NN)cc(Nc2cc(I)ccc2Br)n1. The molecule has 1 heterocycles. The summed E-state index contributed by atoms with van der Waals surface area (Å²) in [5.74, 6) is 7.45. The molecule has 0 atom stereocenters. The monoisotopic (exact) mass is 433 g/mol. The predicted octanol–water partition coefficient (Wildman–Crippen LogP) is 3.44. The second-order valence-corrected chi connectivity index (χ2v) is 5.90. The lowest BCUT2D eigenvalue weighted by Gasteiger charge is -2.10. The quantitative estimate of drug-likeness (QED) is 0.391. The van der Waals surface area contributed by atoms with Crippen molar-refractivity contribution in [2.45, 2.75) is 13.3 Å². The highest BCUT2D eigenvalue weighted by Crippen LogP contribution is 2.27. The number of nitrogen functional groups attached to an aromatic ring is 1. The fourth-order valence-electron chi connectivity index (χ4n) is 1.52. The summed E-state index contributed by atoms with van der Waals surface area (Å²) in [5.41, 5.74) is 3.50. The number of hydrogen-bond acceptors (Lipinski definition) is 5. The number of hydrogen-bond donors (Lipinski definition) is 3. The zero-order valence-corrected chi connectivity index (χ0v) is 14.0.